The summed E-state index contributed by atoms with van der Waals surface area (Å²) in [5.41, 5.74) is 7.98. The molecule has 0 spiro atoms. The maximum Gasteiger partial charge on any atom is 0.416 e. The monoisotopic (exact) mass is 543 g/mol. The molecule has 0 unspecified atom stereocenters. The molecule has 1 aromatic carbocycles. The van der Waals surface area contributed by atoms with Crippen LogP contribution in [-0.4, -0.2) is 31.4 Å². The van der Waals surface area contributed by atoms with Crippen LogP contribution in [0.25, 0.3) is 11.4 Å². The zero-order valence-electron chi connectivity index (χ0n) is 21.6. The zero-order chi connectivity index (χ0) is 27.5. The predicted octanol–water partition coefficient (Wildman–Crippen LogP) is 6.79. The van der Waals surface area contributed by atoms with E-state index in [1.165, 1.54) is 17.7 Å². The Labute approximate surface area is 224 Å². The number of rotatable bonds is 12. The highest BCUT2D eigenvalue weighted by Crippen LogP contribution is 2.64. The average molecular weight is 544 g/mol. The fraction of sp³-hybridized carbons (Fsp3) is 0.429. The van der Waals surface area contributed by atoms with Gasteiger partial charge in [0, 0.05) is 24.6 Å². The van der Waals surface area contributed by atoms with Gasteiger partial charge in [-0.15, -0.1) is 10.2 Å². The predicted molar refractivity (Wildman–Crippen MR) is 143 cm³/mol. The van der Waals surface area contributed by atoms with Crippen molar-refractivity contribution in [2.45, 2.75) is 62.7 Å². The second-order valence-electron chi connectivity index (χ2n) is 9.96. The number of primary amides is 1. The van der Waals surface area contributed by atoms with E-state index in [-0.39, 0.29) is 11.1 Å². The minimum absolute atomic E-state index is 0.164. The molecule has 1 aliphatic carbocycles. The van der Waals surface area contributed by atoms with Crippen LogP contribution >= 0.6 is 11.8 Å². The third kappa shape index (κ3) is 6.28. The Kier molecular flexibility index (Phi) is 8.30. The highest BCUT2D eigenvalue weighted by atomic mass is 32.2. The number of hydrogen-bond acceptors (Lipinski definition) is 5. The number of aromatic nitrogens is 4. The van der Waals surface area contributed by atoms with Crippen molar-refractivity contribution in [3.05, 3.63) is 71.6 Å². The maximum atomic E-state index is 12.9. The van der Waals surface area contributed by atoms with Crippen molar-refractivity contribution < 1.29 is 18.0 Å². The van der Waals surface area contributed by atoms with Gasteiger partial charge in [-0.3, -0.25) is 9.78 Å². The zero-order valence-corrected chi connectivity index (χ0v) is 22.4. The Morgan fingerprint density at radius 2 is 1.92 bits per heavy atom. The van der Waals surface area contributed by atoms with Crippen molar-refractivity contribution in [2.75, 3.05) is 5.75 Å². The first-order chi connectivity index (χ1) is 18.0. The van der Waals surface area contributed by atoms with Gasteiger partial charge in [-0.25, -0.2) is 0 Å². The first-order valence-corrected chi connectivity index (χ1v) is 13.6. The van der Waals surface area contributed by atoms with Crippen molar-refractivity contribution in [3.8, 4) is 11.4 Å². The van der Waals surface area contributed by atoms with Gasteiger partial charge in [-0.1, -0.05) is 43.0 Å². The van der Waals surface area contributed by atoms with E-state index in [0.29, 0.717) is 11.7 Å². The normalized spacial score (nSPS) is 18.9. The van der Waals surface area contributed by atoms with Crippen molar-refractivity contribution in [2.24, 2.45) is 18.2 Å². The molecular weight excluding hydrogens is 511 g/mol. The molecule has 2 N–H and O–H groups in total. The van der Waals surface area contributed by atoms with E-state index < -0.39 is 17.6 Å². The minimum Gasteiger partial charge on any atom is -0.364 e. The highest BCUT2D eigenvalue weighted by Gasteiger charge is 2.52. The first-order valence-electron chi connectivity index (χ1n) is 12.7. The van der Waals surface area contributed by atoms with Crippen LogP contribution in [0.4, 0.5) is 13.2 Å². The molecule has 0 saturated heterocycles. The Morgan fingerprint density at radius 1 is 1.18 bits per heavy atom. The number of allylic oxidation sites excluding steroid dienone is 1. The summed E-state index contributed by atoms with van der Waals surface area (Å²) in [5, 5.41) is 9.34. The van der Waals surface area contributed by atoms with Gasteiger partial charge in [0.15, 0.2) is 11.0 Å². The van der Waals surface area contributed by atoms with E-state index >= 15 is 0 Å². The summed E-state index contributed by atoms with van der Waals surface area (Å²) in [6.45, 7) is 6.44. The van der Waals surface area contributed by atoms with Gasteiger partial charge in [-0.05, 0) is 79.7 Å². The van der Waals surface area contributed by atoms with E-state index in [9.17, 15) is 18.0 Å². The first kappa shape index (κ1) is 27.9. The number of amides is 1. The molecule has 38 heavy (non-hydrogen) atoms. The summed E-state index contributed by atoms with van der Waals surface area (Å²) < 4.78 is 40.5. The van der Waals surface area contributed by atoms with Gasteiger partial charge in [0.05, 0.1) is 5.56 Å². The molecule has 0 radical (unpaired) electrons. The molecule has 1 fully saturated rings. The molecule has 10 heteroatoms. The maximum absolute atomic E-state index is 12.9. The standard InChI is InChI=1S/C28H32F3N5OS/c1-4-27(16-22(27)19-7-10-21(11-8-19)28(29,30)31)14-13-18(2)6-5-15-38-26-35-34-25(36(26)3)20-9-12-23(24(32)37)33-17-20/h7-12,17,22H,2,4-6,13-16H2,1,3H3,(H2,32,37)/t22-,27+/m1/s1. The fourth-order valence-electron chi connectivity index (χ4n) is 4.97. The fourth-order valence-corrected chi connectivity index (χ4v) is 5.82. The molecule has 0 bridgehead atoms. The Hall–Kier alpha value is -3.14. The molecule has 1 aliphatic rings. The van der Waals surface area contributed by atoms with Gasteiger partial charge in [-0.2, -0.15) is 13.2 Å². The van der Waals surface area contributed by atoms with E-state index in [1.807, 2.05) is 11.6 Å². The molecule has 2 aromatic heterocycles. The lowest BCUT2D eigenvalue weighted by Crippen LogP contribution is -2.12. The average Bonchev–Trinajstić information content (AvgIpc) is 3.52. The molecule has 1 amide bonds. The Bertz CT molecular complexity index is 1290. The molecule has 2 atom stereocenters. The van der Waals surface area contributed by atoms with Crippen molar-refractivity contribution in [3.63, 3.8) is 0 Å². The molecule has 4 rings (SSSR count). The molecule has 6 nitrogen and oxygen atoms in total. The van der Waals surface area contributed by atoms with Crippen molar-refractivity contribution in [1.29, 1.82) is 0 Å². The van der Waals surface area contributed by atoms with Gasteiger partial charge in [0.25, 0.3) is 5.91 Å². The number of nitrogens with zero attached hydrogens (tertiary/aromatic N) is 4. The van der Waals surface area contributed by atoms with Gasteiger partial charge in [0.2, 0.25) is 0 Å². The smallest absolute Gasteiger partial charge is 0.364 e. The van der Waals surface area contributed by atoms with E-state index in [4.69, 9.17) is 5.73 Å². The largest absolute Gasteiger partial charge is 0.416 e. The lowest BCUT2D eigenvalue weighted by Gasteiger charge is -2.17. The second kappa shape index (κ2) is 11.3. The number of nitrogens with two attached hydrogens (primary N) is 1. The number of halogens is 3. The summed E-state index contributed by atoms with van der Waals surface area (Å²) in [7, 11) is 1.89. The number of thioether (sulfide) groups is 1. The van der Waals surface area contributed by atoms with Crippen LogP contribution in [0, 0.1) is 5.41 Å². The summed E-state index contributed by atoms with van der Waals surface area (Å²) in [5.74, 6) is 1.29. The van der Waals surface area contributed by atoms with Gasteiger partial charge < -0.3 is 10.3 Å². The van der Waals surface area contributed by atoms with E-state index in [1.54, 1.807) is 42.2 Å². The van der Waals surface area contributed by atoms with Gasteiger partial charge in [0.1, 0.15) is 5.69 Å². The molecular formula is C28H32F3N5OS. The number of hydrogen-bond donors (Lipinski definition) is 1. The number of pyridine rings is 1. The van der Waals surface area contributed by atoms with Crippen molar-refractivity contribution >= 4 is 17.7 Å². The molecule has 0 aliphatic heterocycles. The topological polar surface area (TPSA) is 86.7 Å². The number of carbonyl (C=O) groups is 1. The lowest BCUT2D eigenvalue weighted by molar-refractivity contribution is -0.137. The summed E-state index contributed by atoms with van der Waals surface area (Å²) >= 11 is 1.63. The summed E-state index contributed by atoms with van der Waals surface area (Å²) in [6.07, 6.45) is 3.11. The highest BCUT2D eigenvalue weighted by molar-refractivity contribution is 7.99. The Balaban J connectivity index is 1.21. The van der Waals surface area contributed by atoms with E-state index in [2.05, 4.69) is 28.7 Å². The number of alkyl halides is 3. The van der Waals surface area contributed by atoms with Crippen molar-refractivity contribution in [1.82, 2.24) is 19.7 Å². The minimum atomic E-state index is -4.30. The number of benzene rings is 1. The Morgan fingerprint density at radius 3 is 2.53 bits per heavy atom. The SMILES string of the molecule is C=C(CCCSc1nnc(-c2ccc(C(N)=O)nc2)n1C)CC[C@@]1(CC)C[C@@H]1c1ccc(C(F)(F)F)cc1. The molecule has 2 heterocycles. The second-order valence-corrected chi connectivity index (χ2v) is 11.0. The molecule has 3 aromatic rings. The summed E-state index contributed by atoms with van der Waals surface area (Å²) in [4.78, 5) is 15.3. The van der Waals surface area contributed by atoms with Crippen LogP contribution < -0.4 is 5.73 Å². The molecule has 202 valence electrons. The van der Waals surface area contributed by atoms with Crippen LogP contribution in [0.3, 0.4) is 0 Å². The van der Waals surface area contributed by atoms with Crippen LogP contribution in [0.15, 0.2) is 59.9 Å². The quantitative estimate of drug-likeness (QED) is 0.154. The third-order valence-electron chi connectivity index (χ3n) is 7.53. The van der Waals surface area contributed by atoms with Crippen LogP contribution in [0.2, 0.25) is 0 Å². The molecule has 1 saturated carbocycles. The van der Waals surface area contributed by atoms with Crippen LogP contribution in [0.5, 0.6) is 0 Å². The van der Waals surface area contributed by atoms with Gasteiger partial charge >= 0.3 is 6.18 Å². The van der Waals surface area contributed by atoms with Crippen LogP contribution in [0.1, 0.15) is 73.0 Å². The summed E-state index contributed by atoms with van der Waals surface area (Å²) in [6, 6.07) is 8.99. The van der Waals surface area contributed by atoms with Crippen LogP contribution in [-0.2, 0) is 13.2 Å². The number of carbonyl (C=O) groups excluding carboxylic acids is 1. The third-order valence-corrected chi connectivity index (χ3v) is 8.63. The van der Waals surface area contributed by atoms with E-state index in [0.717, 1.165) is 60.6 Å². The lowest BCUT2D eigenvalue weighted by atomic mass is 9.89.